The second kappa shape index (κ2) is 4.10. The van der Waals surface area contributed by atoms with Gasteiger partial charge in [0.2, 0.25) is 0 Å². The Hall–Kier alpha value is -2.81. The molecule has 0 aliphatic carbocycles. The van der Waals surface area contributed by atoms with Crippen LogP contribution < -0.4 is 5.73 Å². The van der Waals surface area contributed by atoms with E-state index in [4.69, 9.17) is 5.73 Å². The van der Waals surface area contributed by atoms with Crippen LogP contribution in [0.1, 0.15) is 0 Å². The highest BCUT2D eigenvalue weighted by Gasteiger charge is 2.03. The predicted octanol–water partition coefficient (Wildman–Crippen LogP) is 3.76. The van der Waals surface area contributed by atoms with Crippen LogP contribution in [-0.4, -0.2) is 9.55 Å². The number of aromatic nitrogens is 2. The van der Waals surface area contributed by atoms with Crippen molar-refractivity contribution >= 4 is 27.2 Å². The molecule has 0 aliphatic heterocycles. The summed E-state index contributed by atoms with van der Waals surface area (Å²) in [6, 6.07) is 16.2. The Morgan fingerprint density at radius 2 is 1.55 bits per heavy atom. The lowest BCUT2D eigenvalue weighted by Crippen LogP contribution is -1.94. The maximum Gasteiger partial charge on any atom is 0.137 e. The van der Waals surface area contributed by atoms with E-state index in [1.807, 2.05) is 41.1 Å². The van der Waals surface area contributed by atoms with E-state index < -0.39 is 0 Å². The molecule has 96 valence electrons. The normalized spacial score (nSPS) is 11.2. The van der Waals surface area contributed by atoms with E-state index >= 15 is 0 Å². The third-order valence-electron chi connectivity index (χ3n) is 3.55. The zero-order chi connectivity index (χ0) is 13.5. The maximum atomic E-state index is 5.85. The lowest BCUT2D eigenvalue weighted by molar-refractivity contribution is 1.02. The molecule has 0 radical (unpaired) electrons. The van der Waals surface area contributed by atoms with Crippen LogP contribution in [-0.2, 0) is 0 Å². The summed E-state index contributed by atoms with van der Waals surface area (Å²) in [5, 5.41) is 4.62. The van der Waals surface area contributed by atoms with Gasteiger partial charge >= 0.3 is 0 Å². The zero-order valence-corrected chi connectivity index (χ0v) is 10.8. The van der Waals surface area contributed by atoms with E-state index in [1.54, 1.807) is 0 Å². The summed E-state index contributed by atoms with van der Waals surface area (Å²) < 4.78 is 2.05. The molecule has 4 rings (SSSR count). The SMILES string of the molecule is Nc1ccc2cnc(-n3cc4ccccc4c3)cc2c1. The molecule has 0 unspecified atom stereocenters. The van der Waals surface area contributed by atoms with Gasteiger partial charge < -0.3 is 10.3 Å². The van der Waals surface area contributed by atoms with Gasteiger partial charge in [-0.15, -0.1) is 0 Å². The van der Waals surface area contributed by atoms with Crippen molar-refractivity contribution in [2.75, 3.05) is 5.73 Å². The number of nitrogens with two attached hydrogens (primary N) is 1. The van der Waals surface area contributed by atoms with Gasteiger partial charge in [0.15, 0.2) is 0 Å². The number of hydrogen-bond acceptors (Lipinski definition) is 2. The smallest absolute Gasteiger partial charge is 0.137 e. The highest BCUT2D eigenvalue weighted by Crippen LogP contribution is 2.22. The summed E-state index contributed by atoms with van der Waals surface area (Å²) in [7, 11) is 0. The first kappa shape index (κ1) is 11.1. The van der Waals surface area contributed by atoms with Crippen LogP contribution >= 0.6 is 0 Å². The molecule has 2 N–H and O–H groups in total. The fourth-order valence-corrected chi connectivity index (χ4v) is 2.50. The van der Waals surface area contributed by atoms with Gasteiger partial charge in [0.05, 0.1) is 0 Å². The van der Waals surface area contributed by atoms with Crippen molar-refractivity contribution in [1.82, 2.24) is 9.55 Å². The molecular weight excluding hydrogens is 246 g/mol. The molecule has 0 fully saturated rings. The maximum absolute atomic E-state index is 5.85. The third kappa shape index (κ3) is 1.72. The largest absolute Gasteiger partial charge is 0.399 e. The Morgan fingerprint density at radius 1 is 0.800 bits per heavy atom. The lowest BCUT2D eigenvalue weighted by Gasteiger charge is -2.04. The van der Waals surface area contributed by atoms with E-state index in [2.05, 4.69) is 35.6 Å². The molecule has 2 heterocycles. The van der Waals surface area contributed by atoms with Crippen LogP contribution in [0.15, 0.2) is 67.1 Å². The van der Waals surface area contributed by atoms with Crippen molar-refractivity contribution in [3.8, 4) is 5.82 Å². The number of nitrogens with zero attached hydrogens (tertiary/aromatic N) is 2. The average molecular weight is 259 g/mol. The van der Waals surface area contributed by atoms with E-state index in [-0.39, 0.29) is 0 Å². The number of anilines is 1. The second-order valence-electron chi connectivity index (χ2n) is 4.94. The molecule has 2 aromatic heterocycles. The van der Waals surface area contributed by atoms with Crippen LogP contribution in [0.5, 0.6) is 0 Å². The number of fused-ring (bicyclic) bond motifs is 2. The number of rotatable bonds is 1. The Bertz CT molecular complexity index is 889. The summed E-state index contributed by atoms with van der Waals surface area (Å²) >= 11 is 0. The summed E-state index contributed by atoms with van der Waals surface area (Å²) in [5.41, 5.74) is 6.62. The number of hydrogen-bond donors (Lipinski definition) is 1. The zero-order valence-electron chi connectivity index (χ0n) is 10.8. The van der Waals surface area contributed by atoms with E-state index in [1.165, 1.54) is 10.8 Å². The summed E-state index contributed by atoms with van der Waals surface area (Å²) in [6.45, 7) is 0. The van der Waals surface area contributed by atoms with Gasteiger partial charge in [0.25, 0.3) is 0 Å². The van der Waals surface area contributed by atoms with Crippen molar-refractivity contribution in [3.05, 3.63) is 67.1 Å². The second-order valence-corrected chi connectivity index (χ2v) is 4.94. The Kier molecular flexibility index (Phi) is 2.27. The quantitative estimate of drug-likeness (QED) is 0.529. The summed E-state index contributed by atoms with van der Waals surface area (Å²) in [4.78, 5) is 4.52. The molecule has 0 amide bonds. The van der Waals surface area contributed by atoms with Gasteiger partial charge in [-0.05, 0) is 34.4 Å². The third-order valence-corrected chi connectivity index (χ3v) is 3.55. The molecule has 3 heteroatoms. The number of nitrogen functional groups attached to an aromatic ring is 1. The summed E-state index contributed by atoms with van der Waals surface area (Å²) in [6.07, 6.45) is 6.07. The molecule has 20 heavy (non-hydrogen) atoms. The van der Waals surface area contributed by atoms with E-state index in [9.17, 15) is 0 Å². The van der Waals surface area contributed by atoms with Crippen molar-refractivity contribution in [1.29, 1.82) is 0 Å². The first-order chi connectivity index (χ1) is 9.79. The molecule has 0 atom stereocenters. The fourth-order valence-electron chi connectivity index (χ4n) is 2.50. The molecular formula is C17H13N3. The predicted molar refractivity (Wildman–Crippen MR) is 83.0 cm³/mol. The van der Waals surface area contributed by atoms with Gasteiger partial charge in [-0.3, -0.25) is 0 Å². The molecule has 3 nitrogen and oxygen atoms in total. The molecule has 2 aromatic carbocycles. The van der Waals surface area contributed by atoms with Crippen LogP contribution in [0.25, 0.3) is 27.4 Å². The van der Waals surface area contributed by atoms with E-state index in [0.29, 0.717) is 0 Å². The molecule has 4 aromatic rings. The van der Waals surface area contributed by atoms with Gasteiger partial charge in [0.1, 0.15) is 5.82 Å². The van der Waals surface area contributed by atoms with Gasteiger partial charge in [-0.2, -0.15) is 0 Å². The van der Waals surface area contributed by atoms with Crippen molar-refractivity contribution in [2.45, 2.75) is 0 Å². The molecule has 0 bridgehead atoms. The Labute approximate surface area is 116 Å². The van der Waals surface area contributed by atoms with Gasteiger partial charge in [0, 0.05) is 29.7 Å². The van der Waals surface area contributed by atoms with Crippen molar-refractivity contribution in [3.63, 3.8) is 0 Å². The van der Waals surface area contributed by atoms with Crippen LogP contribution in [0.3, 0.4) is 0 Å². The van der Waals surface area contributed by atoms with Crippen LogP contribution in [0.2, 0.25) is 0 Å². The minimum atomic E-state index is 0.771. The molecule has 0 saturated heterocycles. The first-order valence-corrected chi connectivity index (χ1v) is 6.52. The fraction of sp³-hybridized carbons (Fsp3) is 0. The summed E-state index contributed by atoms with van der Waals surface area (Å²) in [5.74, 6) is 0.902. The number of pyridine rings is 1. The monoisotopic (exact) mass is 259 g/mol. The molecule has 0 saturated carbocycles. The Morgan fingerprint density at radius 3 is 2.30 bits per heavy atom. The highest BCUT2D eigenvalue weighted by molar-refractivity contribution is 5.86. The average Bonchev–Trinajstić information content (AvgIpc) is 2.90. The first-order valence-electron chi connectivity index (χ1n) is 6.52. The van der Waals surface area contributed by atoms with Gasteiger partial charge in [-0.1, -0.05) is 30.3 Å². The van der Waals surface area contributed by atoms with Gasteiger partial charge in [-0.25, -0.2) is 4.98 Å². The van der Waals surface area contributed by atoms with Crippen molar-refractivity contribution < 1.29 is 0 Å². The van der Waals surface area contributed by atoms with Crippen molar-refractivity contribution in [2.24, 2.45) is 0 Å². The number of benzene rings is 2. The molecule has 0 aliphatic rings. The molecule has 0 spiro atoms. The lowest BCUT2D eigenvalue weighted by atomic mass is 10.1. The highest BCUT2D eigenvalue weighted by atomic mass is 15.0. The topological polar surface area (TPSA) is 43.8 Å². The van der Waals surface area contributed by atoms with E-state index in [0.717, 1.165) is 22.3 Å². The standard InChI is InChI=1S/C17H13N3/c18-16-6-5-12-9-19-17(8-15(12)7-16)20-10-13-3-1-2-4-14(13)11-20/h1-11H,18H2. The van der Waals surface area contributed by atoms with Crippen LogP contribution in [0, 0.1) is 0 Å². The Balaban J connectivity index is 1.92. The minimum Gasteiger partial charge on any atom is -0.399 e. The van der Waals surface area contributed by atoms with Crippen LogP contribution in [0.4, 0.5) is 5.69 Å². The minimum absolute atomic E-state index is 0.771.